The smallest absolute Gasteiger partial charge is 0.303 e. The minimum atomic E-state index is -1.03. The highest BCUT2D eigenvalue weighted by Crippen LogP contribution is 2.39. The zero-order valence-electron chi connectivity index (χ0n) is 19.2. The molecule has 4 heterocycles. The predicted octanol–water partition coefficient (Wildman–Crippen LogP) is 1.80. The van der Waals surface area contributed by atoms with Gasteiger partial charge in [-0.25, -0.2) is 9.97 Å². The highest BCUT2D eigenvalue weighted by atomic mass is 32.1. The van der Waals surface area contributed by atoms with E-state index in [2.05, 4.69) is 14.9 Å². The second kappa shape index (κ2) is 10.1. The van der Waals surface area contributed by atoms with Gasteiger partial charge in [-0.2, -0.15) is 0 Å². The van der Waals surface area contributed by atoms with Crippen LogP contribution in [-0.4, -0.2) is 75.4 Å². The molecule has 2 saturated heterocycles. The number of anilines is 1. The molecule has 4 rings (SSSR count). The maximum absolute atomic E-state index is 12.0. The summed E-state index contributed by atoms with van der Waals surface area (Å²) in [5.74, 6) is -1.12. The fourth-order valence-corrected chi connectivity index (χ4v) is 4.57. The lowest BCUT2D eigenvalue weighted by Gasteiger charge is -2.31. The highest BCUT2D eigenvalue weighted by molar-refractivity contribution is 7.71. The summed E-state index contributed by atoms with van der Waals surface area (Å²) >= 11 is 5.40. The fraction of sp³-hybridized carbons (Fsp3) is 0.619. The van der Waals surface area contributed by atoms with E-state index in [1.54, 1.807) is 4.57 Å². The van der Waals surface area contributed by atoms with Gasteiger partial charge in [-0.1, -0.05) is 12.2 Å². The number of aromatic amines is 1. The molecular weight excluding hydrogens is 466 g/mol. The summed E-state index contributed by atoms with van der Waals surface area (Å²) < 4.78 is 24.6. The number of fused-ring (bicyclic) bond motifs is 1. The van der Waals surface area contributed by atoms with E-state index in [0.29, 0.717) is 21.8 Å². The van der Waals surface area contributed by atoms with E-state index in [1.165, 1.54) is 27.1 Å². The number of carbonyl (C=O) groups excluding carboxylic acids is 3. The van der Waals surface area contributed by atoms with E-state index in [1.807, 2.05) is 0 Å². The molecule has 34 heavy (non-hydrogen) atoms. The lowest BCUT2D eigenvalue weighted by Crippen LogP contribution is -2.41. The number of hydrogen-bond donors (Lipinski definition) is 1. The van der Waals surface area contributed by atoms with E-state index < -0.39 is 42.4 Å². The lowest BCUT2D eigenvalue weighted by molar-refractivity contribution is -0.166. The molecule has 0 aromatic carbocycles. The van der Waals surface area contributed by atoms with Crippen molar-refractivity contribution in [3.8, 4) is 0 Å². The number of esters is 3. The van der Waals surface area contributed by atoms with E-state index in [0.717, 1.165) is 32.4 Å². The van der Waals surface area contributed by atoms with Crippen molar-refractivity contribution in [1.82, 2.24) is 19.5 Å². The molecule has 0 radical (unpaired) electrons. The van der Waals surface area contributed by atoms with Gasteiger partial charge in [-0.3, -0.25) is 19.0 Å². The molecule has 0 saturated carbocycles. The zero-order valence-corrected chi connectivity index (χ0v) is 20.0. The number of imidazole rings is 1. The number of nitrogens with zero attached hydrogens (tertiary/aromatic N) is 4. The Bertz CT molecular complexity index is 1140. The third-order valence-electron chi connectivity index (χ3n) is 5.71. The Kier molecular flexibility index (Phi) is 7.12. The molecule has 1 N–H and O–H groups in total. The molecule has 0 aliphatic carbocycles. The van der Waals surface area contributed by atoms with Crippen LogP contribution in [0.25, 0.3) is 11.2 Å². The zero-order chi connectivity index (χ0) is 24.4. The number of rotatable bonds is 6. The number of nitrogens with one attached hydrogen (secondary N) is 1. The summed E-state index contributed by atoms with van der Waals surface area (Å²) in [5.41, 5.74) is 0.994. The second-order valence-electron chi connectivity index (χ2n) is 8.25. The molecule has 2 aromatic heterocycles. The molecule has 2 aliphatic rings. The fourth-order valence-electron chi connectivity index (χ4n) is 4.38. The first-order chi connectivity index (χ1) is 16.3. The second-order valence-corrected chi connectivity index (χ2v) is 8.64. The van der Waals surface area contributed by atoms with Crippen LogP contribution < -0.4 is 4.90 Å². The van der Waals surface area contributed by atoms with Crippen molar-refractivity contribution in [2.75, 3.05) is 24.6 Å². The third kappa shape index (κ3) is 4.89. The average molecular weight is 494 g/mol. The lowest BCUT2D eigenvalue weighted by atomic mass is 10.1. The van der Waals surface area contributed by atoms with Crippen molar-refractivity contribution in [3.63, 3.8) is 0 Å². The summed E-state index contributed by atoms with van der Waals surface area (Å²) in [4.78, 5) is 49.5. The number of ether oxygens (including phenoxy) is 4. The molecule has 0 bridgehead atoms. The minimum absolute atomic E-state index is 0.190. The van der Waals surface area contributed by atoms with Crippen molar-refractivity contribution in [1.29, 1.82) is 0 Å². The average Bonchev–Trinajstić information content (AvgIpc) is 3.32. The highest BCUT2D eigenvalue weighted by Gasteiger charge is 2.52. The first-order valence-electron chi connectivity index (χ1n) is 11.1. The molecule has 12 nitrogen and oxygen atoms in total. The monoisotopic (exact) mass is 493 g/mol. The van der Waals surface area contributed by atoms with Crippen LogP contribution in [0, 0.1) is 4.64 Å². The molecule has 0 spiro atoms. The van der Waals surface area contributed by atoms with Crippen LogP contribution in [0.2, 0.25) is 0 Å². The Morgan fingerprint density at radius 3 is 2.41 bits per heavy atom. The minimum Gasteiger partial charge on any atom is -0.463 e. The normalized spacial score (nSPS) is 24.7. The van der Waals surface area contributed by atoms with Crippen LogP contribution in [0.3, 0.4) is 0 Å². The van der Waals surface area contributed by atoms with Gasteiger partial charge in [-0.05, 0) is 19.3 Å². The first-order valence-corrected chi connectivity index (χ1v) is 11.5. The van der Waals surface area contributed by atoms with Gasteiger partial charge in [0, 0.05) is 33.9 Å². The summed E-state index contributed by atoms with van der Waals surface area (Å²) in [6.45, 7) is 5.13. The summed E-state index contributed by atoms with van der Waals surface area (Å²) in [6, 6.07) is 0. The Morgan fingerprint density at radius 2 is 1.76 bits per heavy atom. The Balaban J connectivity index is 1.84. The van der Waals surface area contributed by atoms with Crippen LogP contribution in [0.1, 0.15) is 46.3 Å². The summed E-state index contributed by atoms with van der Waals surface area (Å²) in [6.07, 6.45) is 0.707. The Hall–Kier alpha value is -3.06. The van der Waals surface area contributed by atoms with Crippen molar-refractivity contribution in [2.45, 2.75) is 64.6 Å². The maximum Gasteiger partial charge on any atom is 0.303 e. The standard InChI is InChI=1S/C21H27N5O7S/c1-11(27)30-9-14-16(31-12(2)28)17(32-13(3)29)20(33-14)26-18-15(19(34)23-10-22-18)24-21(26)25-7-5-4-6-8-25/h10,14,16-17,20H,4-9H2,1-3H3,(H,22,23,34)/t14-,16-,17-,20-/m1/s1. The van der Waals surface area contributed by atoms with Crippen LogP contribution in [0.5, 0.6) is 0 Å². The van der Waals surface area contributed by atoms with Gasteiger partial charge in [-0.15, -0.1) is 0 Å². The van der Waals surface area contributed by atoms with Gasteiger partial charge in [0.15, 0.2) is 23.1 Å². The largest absolute Gasteiger partial charge is 0.463 e. The van der Waals surface area contributed by atoms with Gasteiger partial charge in [0.1, 0.15) is 23.9 Å². The Morgan fingerprint density at radius 1 is 1.09 bits per heavy atom. The van der Waals surface area contributed by atoms with Crippen molar-refractivity contribution in [3.05, 3.63) is 11.0 Å². The van der Waals surface area contributed by atoms with Crippen LogP contribution in [-0.2, 0) is 33.3 Å². The summed E-state index contributed by atoms with van der Waals surface area (Å²) in [7, 11) is 0. The molecular formula is C21H27N5O7S. The van der Waals surface area contributed by atoms with E-state index >= 15 is 0 Å². The SMILES string of the molecule is CC(=O)OC[C@H]1O[C@@H](n2c(N3CCCCC3)nc3c(=S)nc[nH]c32)[C@H](OC(C)=O)[C@@H]1OC(C)=O. The van der Waals surface area contributed by atoms with E-state index in [9.17, 15) is 14.4 Å². The first kappa shape index (κ1) is 24.1. The molecule has 2 aromatic rings. The van der Waals surface area contributed by atoms with Crippen LogP contribution in [0.15, 0.2) is 6.33 Å². The van der Waals surface area contributed by atoms with Gasteiger partial charge < -0.3 is 28.8 Å². The van der Waals surface area contributed by atoms with Gasteiger partial charge in [0.05, 0.1) is 6.33 Å². The number of aromatic nitrogens is 4. The summed E-state index contributed by atoms with van der Waals surface area (Å²) in [5, 5.41) is 0. The molecule has 184 valence electrons. The number of carbonyl (C=O) groups is 3. The maximum atomic E-state index is 12.0. The molecule has 4 atom stereocenters. The number of H-pyrrole nitrogens is 1. The van der Waals surface area contributed by atoms with Gasteiger partial charge >= 0.3 is 17.9 Å². The topological polar surface area (TPSA) is 138 Å². The van der Waals surface area contributed by atoms with Crippen molar-refractivity contribution < 1.29 is 33.3 Å². The molecule has 13 heteroatoms. The third-order valence-corrected chi connectivity index (χ3v) is 6.01. The van der Waals surface area contributed by atoms with Crippen LogP contribution in [0.4, 0.5) is 5.95 Å². The van der Waals surface area contributed by atoms with Gasteiger partial charge in [0.2, 0.25) is 5.95 Å². The molecule has 2 fully saturated rings. The molecule has 0 unspecified atom stereocenters. The van der Waals surface area contributed by atoms with Crippen molar-refractivity contribution in [2.24, 2.45) is 0 Å². The predicted molar refractivity (Wildman–Crippen MR) is 120 cm³/mol. The quantitative estimate of drug-likeness (QED) is 0.358. The Labute approximate surface area is 200 Å². The van der Waals surface area contributed by atoms with E-state index in [4.69, 9.17) is 36.1 Å². The molecule has 2 aliphatic heterocycles. The van der Waals surface area contributed by atoms with E-state index in [-0.39, 0.29) is 6.61 Å². The molecule has 0 amide bonds. The van der Waals surface area contributed by atoms with Gasteiger partial charge in [0.25, 0.3) is 0 Å². The number of piperidine rings is 1. The number of hydrogen-bond acceptors (Lipinski definition) is 11. The van der Waals surface area contributed by atoms with Crippen molar-refractivity contribution >= 4 is 47.2 Å². The van der Waals surface area contributed by atoms with Crippen LogP contribution >= 0.6 is 12.2 Å².